The van der Waals surface area contributed by atoms with E-state index >= 15 is 0 Å². The van der Waals surface area contributed by atoms with Crippen molar-refractivity contribution in [1.82, 2.24) is 0 Å². The van der Waals surface area contributed by atoms with Gasteiger partial charge in [-0.3, -0.25) is 0 Å². The van der Waals surface area contributed by atoms with Crippen LogP contribution >= 0.6 is 0 Å². The Morgan fingerprint density at radius 2 is 0.976 bits per heavy atom. The lowest BCUT2D eigenvalue weighted by atomic mass is 9.98. The zero-order chi connectivity index (χ0) is 28.6. The molecule has 0 aliphatic carbocycles. The van der Waals surface area contributed by atoms with Gasteiger partial charge in [0.1, 0.15) is 0 Å². The van der Waals surface area contributed by atoms with E-state index in [1.165, 1.54) is 50.3 Å². The first kappa shape index (κ1) is 27.8. The number of hydrogen-bond acceptors (Lipinski definition) is 2. The van der Waals surface area contributed by atoms with Crippen LogP contribution in [0.4, 0.5) is 11.4 Å². The molecule has 212 valence electrons. The number of nitrogens with zero attached hydrogens (tertiary/aromatic N) is 2. The highest BCUT2D eigenvalue weighted by molar-refractivity contribution is 5.51. The highest BCUT2D eigenvalue weighted by atomic mass is 15.1. The van der Waals surface area contributed by atoms with Crippen molar-refractivity contribution in [2.75, 3.05) is 29.9 Å². The van der Waals surface area contributed by atoms with Crippen molar-refractivity contribution in [3.8, 4) is 0 Å². The Kier molecular flexibility index (Phi) is 9.00. The molecule has 5 aromatic rings. The van der Waals surface area contributed by atoms with Crippen LogP contribution in [-0.4, -0.2) is 20.1 Å². The fourth-order valence-corrected chi connectivity index (χ4v) is 6.03. The standard InChI is InChI=1S/C40H42N2/c1-41(29-27-32-7-3-2-4-8-32)39-23-19-35(20-24-39)17-15-33-11-13-34(14-12-33)16-18-36-21-25-40(26-22-36)42-30-28-37-9-5-6-10-38(37)31-42/h2-14,19-26H,15-18,27-31H2,1H3. The molecule has 5 aromatic carbocycles. The third-order valence-electron chi connectivity index (χ3n) is 8.82. The van der Waals surface area contributed by atoms with Crippen molar-refractivity contribution in [3.05, 3.63) is 166 Å². The van der Waals surface area contributed by atoms with Crippen molar-refractivity contribution in [1.29, 1.82) is 0 Å². The van der Waals surface area contributed by atoms with Gasteiger partial charge in [-0.1, -0.05) is 103 Å². The van der Waals surface area contributed by atoms with E-state index in [4.69, 9.17) is 0 Å². The van der Waals surface area contributed by atoms with Gasteiger partial charge in [-0.25, -0.2) is 0 Å². The number of anilines is 2. The predicted octanol–water partition coefficient (Wildman–Crippen LogP) is 8.50. The summed E-state index contributed by atoms with van der Waals surface area (Å²) in [5, 5.41) is 0. The topological polar surface area (TPSA) is 6.48 Å². The quantitative estimate of drug-likeness (QED) is 0.163. The smallest absolute Gasteiger partial charge is 0.0432 e. The number of fused-ring (bicyclic) bond motifs is 1. The van der Waals surface area contributed by atoms with E-state index in [0.29, 0.717) is 0 Å². The first-order valence-electron chi connectivity index (χ1n) is 15.5. The lowest BCUT2D eigenvalue weighted by molar-refractivity contribution is 0.731. The maximum Gasteiger partial charge on any atom is 0.0432 e. The summed E-state index contributed by atoms with van der Waals surface area (Å²) < 4.78 is 0. The summed E-state index contributed by atoms with van der Waals surface area (Å²) in [6, 6.07) is 47.2. The maximum atomic E-state index is 2.50. The third kappa shape index (κ3) is 7.31. The summed E-state index contributed by atoms with van der Waals surface area (Å²) in [5.41, 5.74) is 12.6. The number of benzene rings is 5. The molecule has 2 heteroatoms. The number of likely N-dealkylation sites (N-methyl/N-ethyl adjacent to an activating group) is 1. The molecule has 0 N–H and O–H groups in total. The summed E-state index contributed by atoms with van der Waals surface area (Å²) in [6.07, 6.45) is 6.50. The minimum absolute atomic E-state index is 1.01. The Bertz CT molecular complexity index is 1540. The van der Waals surface area contributed by atoms with Crippen LogP contribution in [0.2, 0.25) is 0 Å². The molecule has 6 rings (SSSR count). The van der Waals surface area contributed by atoms with Crippen LogP contribution in [0, 0.1) is 0 Å². The molecule has 0 radical (unpaired) electrons. The Labute approximate surface area is 252 Å². The molecule has 0 amide bonds. The van der Waals surface area contributed by atoms with Crippen molar-refractivity contribution in [3.63, 3.8) is 0 Å². The zero-order valence-electron chi connectivity index (χ0n) is 24.9. The Hall–Kier alpha value is -4.30. The maximum absolute atomic E-state index is 2.50. The molecule has 0 aromatic heterocycles. The largest absolute Gasteiger partial charge is 0.374 e. The van der Waals surface area contributed by atoms with Crippen molar-refractivity contribution < 1.29 is 0 Å². The molecule has 1 aliphatic heterocycles. The van der Waals surface area contributed by atoms with Crippen LogP contribution in [0.3, 0.4) is 0 Å². The fourth-order valence-electron chi connectivity index (χ4n) is 6.03. The minimum Gasteiger partial charge on any atom is -0.374 e. The fraction of sp³-hybridized carbons (Fsp3) is 0.250. The van der Waals surface area contributed by atoms with Gasteiger partial charge in [-0.15, -0.1) is 0 Å². The summed E-state index contributed by atoms with van der Waals surface area (Å²) in [5.74, 6) is 0. The average Bonchev–Trinajstić information content (AvgIpc) is 3.06. The van der Waals surface area contributed by atoms with Gasteiger partial charge in [0.15, 0.2) is 0 Å². The predicted molar refractivity (Wildman–Crippen MR) is 179 cm³/mol. The van der Waals surface area contributed by atoms with E-state index in [2.05, 4.69) is 144 Å². The first-order valence-corrected chi connectivity index (χ1v) is 15.5. The van der Waals surface area contributed by atoms with Crippen LogP contribution < -0.4 is 9.80 Å². The Morgan fingerprint density at radius 1 is 0.500 bits per heavy atom. The van der Waals surface area contributed by atoms with Crippen LogP contribution in [0.5, 0.6) is 0 Å². The lowest BCUT2D eigenvalue weighted by Crippen LogP contribution is -2.30. The molecule has 0 spiro atoms. The molecule has 0 fully saturated rings. The highest BCUT2D eigenvalue weighted by Gasteiger charge is 2.15. The van der Waals surface area contributed by atoms with Gasteiger partial charge in [0.25, 0.3) is 0 Å². The van der Waals surface area contributed by atoms with Gasteiger partial charge in [0, 0.05) is 38.1 Å². The Balaban J connectivity index is 0.941. The summed E-state index contributed by atoms with van der Waals surface area (Å²) in [7, 11) is 2.18. The van der Waals surface area contributed by atoms with Gasteiger partial charge in [0.2, 0.25) is 0 Å². The summed E-state index contributed by atoms with van der Waals surface area (Å²) >= 11 is 0. The monoisotopic (exact) mass is 550 g/mol. The van der Waals surface area contributed by atoms with E-state index < -0.39 is 0 Å². The molecule has 0 saturated heterocycles. The van der Waals surface area contributed by atoms with Crippen molar-refractivity contribution in [2.45, 2.75) is 45.1 Å². The molecule has 42 heavy (non-hydrogen) atoms. The van der Waals surface area contributed by atoms with Crippen LogP contribution in [0.15, 0.2) is 127 Å². The highest BCUT2D eigenvalue weighted by Crippen LogP contribution is 2.25. The molecule has 0 bridgehead atoms. The molecule has 1 heterocycles. The van der Waals surface area contributed by atoms with E-state index in [0.717, 1.165) is 58.2 Å². The summed E-state index contributed by atoms with van der Waals surface area (Å²) in [4.78, 5) is 4.85. The molecule has 0 saturated carbocycles. The number of rotatable bonds is 11. The van der Waals surface area contributed by atoms with E-state index in [-0.39, 0.29) is 0 Å². The SMILES string of the molecule is CN(CCc1ccccc1)c1ccc(CCc2ccc(CCc3ccc(N4CCc5ccccc5C4)cc3)cc2)cc1. The van der Waals surface area contributed by atoms with Crippen molar-refractivity contribution >= 4 is 11.4 Å². The van der Waals surface area contributed by atoms with Gasteiger partial charge in [0.05, 0.1) is 0 Å². The van der Waals surface area contributed by atoms with Gasteiger partial charge in [-0.05, 0) is 102 Å². The molecular formula is C40H42N2. The molecular weight excluding hydrogens is 508 g/mol. The minimum atomic E-state index is 1.01. The van der Waals surface area contributed by atoms with Gasteiger partial charge >= 0.3 is 0 Å². The molecule has 2 nitrogen and oxygen atoms in total. The van der Waals surface area contributed by atoms with E-state index in [1.54, 1.807) is 0 Å². The second-order valence-corrected chi connectivity index (χ2v) is 11.7. The van der Waals surface area contributed by atoms with Gasteiger partial charge in [-0.2, -0.15) is 0 Å². The molecule has 0 unspecified atom stereocenters. The second-order valence-electron chi connectivity index (χ2n) is 11.7. The molecule has 0 atom stereocenters. The Morgan fingerprint density at radius 3 is 1.57 bits per heavy atom. The normalized spacial score (nSPS) is 12.6. The van der Waals surface area contributed by atoms with Crippen LogP contribution in [0.1, 0.15) is 38.9 Å². The average molecular weight is 551 g/mol. The lowest BCUT2D eigenvalue weighted by Gasteiger charge is -2.30. The number of hydrogen-bond donors (Lipinski definition) is 0. The number of aryl methyl sites for hydroxylation is 4. The van der Waals surface area contributed by atoms with Crippen molar-refractivity contribution in [2.24, 2.45) is 0 Å². The van der Waals surface area contributed by atoms with E-state index in [9.17, 15) is 0 Å². The van der Waals surface area contributed by atoms with Crippen LogP contribution in [-0.2, 0) is 45.1 Å². The second kappa shape index (κ2) is 13.6. The van der Waals surface area contributed by atoms with E-state index in [1.807, 2.05) is 0 Å². The summed E-state index contributed by atoms with van der Waals surface area (Å²) in [6.45, 7) is 3.13. The van der Waals surface area contributed by atoms with Crippen LogP contribution in [0.25, 0.3) is 0 Å². The first-order chi connectivity index (χ1) is 20.7. The van der Waals surface area contributed by atoms with Gasteiger partial charge < -0.3 is 9.80 Å². The zero-order valence-corrected chi connectivity index (χ0v) is 24.9. The molecule has 1 aliphatic rings. The third-order valence-corrected chi connectivity index (χ3v) is 8.82.